The van der Waals surface area contributed by atoms with Gasteiger partial charge in [0.05, 0.1) is 42.4 Å². The number of hydrogen-bond donors (Lipinski definition) is 0. The van der Waals surface area contributed by atoms with E-state index in [9.17, 15) is 9.18 Å². The topological polar surface area (TPSA) is 57.0 Å². The molecule has 5 nitrogen and oxygen atoms in total. The molecule has 0 unspecified atom stereocenters. The van der Waals surface area contributed by atoms with Crippen LogP contribution in [0.5, 0.6) is 0 Å². The Hall–Kier alpha value is -4.16. The first-order chi connectivity index (χ1) is 17.5. The van der Waals surface area contributed by atoms with Gasteiger partial charge in [0, 0.05) is 11.1 Å². The van der Waals surface area contributed by atoms with Crippen molar-refractivity contribution >= 4 is 10.9 Å². The van der Waals surface area contributed by atoms with Crippen LogP contribution in [0, 0.1) is 12.7 Å². The van der Waals surface area contributed by atoms with Crippen LogP contribution in [0.25, 0.3) is 33.4 Å². The molecule has 0 saturated carbocycles. The molecule has 0 aliphatic carbocycles. The highest BCUT2D eigenvalue weighted by molar-refractivity contribution is 5.93. The number of halogens is 1. The third-order valence-corrected chi connectivity index (χ3v) is 6.16. The van der Waals surface area contributed by atoms with E-state index in [1.807, 2.05) is 68.4 Å². The Kier molecular flexibility index (Phi) is 6.69. The predicted octanol–water partition coefficient (Wildman–Crippen LogP) is 6.35. The number of aromatic nitrogens is 3. The molecule has 36 heavy (non-hydrogen) atoms. The Morgan fingerprint density at radius 1 is 0.944 bits per heavy atom. The van der Waals surface area contributed by atoms with Gasteiger partial charge in [0.2, 0.25) is 0 Å². The Morgan fingerprint density at radius 2 is 1.72 bits per heavy atom. The molecule has 0 aliphatic rings. The van der Waals surface area contributed by atoms with Crippen LogP contribution >= 0.6 is 0 Å². The van der Waals surface area contributed by atoms with Crippen molar-refractivity contribution in [2.75, 3.05) is 6.61 Å². The fourth-order valence-corrected chi connectivity index (χ4v) is 4.17. The molecule has 2 heterocycles. The maximum Gasteiger partial charge on any atom is 0.261 e. The SMILES string of the molecule is Cc1ccc(-c2cc3c(=O)n([C@@H](C)COCc4ccccc4)cnc3c(-c3cccc(F)c3)n2)cc1. The Morgan fingerprint density at radius 3 is 2.47 bits per heavy atom. The number of pyridine rings is 1. The average Bonchev–Trinajstić information content (AvgIpc) is 2.89. The minimum atomic E-state index is -0.374. The van der Waals surface area contributed by atoms with Crippen molar-refractivity contribution in [1.82, 2.24) is 14.5 Å². The first-order valence-electron chi connectivity index (χ1n) is 11.9. The summed E-state index contributed by atoms with van der Waals surface area (Å²) in [7, 11) is 0. The normalized spacial score (nSPS) is 12.1. The zero-order valence-electron chi connectivity index (χ0n) is 20.2. The summed E-state index contributed by atoms with van der Waals surface area (Å²) in [6, 6.07) is 25.6. The second kappa shape index (κ2) is 10.2. The van der Waals surface area contributed by atoms with Gasteiger partial charge in [0.25, 0.3) is 5.56 Å². The monoisotopic (exact) mass is 479 g/mol. The second-order valence-electron chi connectivity index (χ2n) is 8.94. The number of nitrogens with zero attached hydrogens (tertiary/aromatic N) is 3. The molecular formula is C30H26FN3O2. The molecule has 0 radical (unpaired) electrons. The summed E-state index contributed by atoms with van der Waals surface area (Å²) in [5, 5.41) is 0.428. The number of hydrogen-bond acceptors (Lipinski definition) is 4. The maximum absolute atomic E-state index is 14.1. The molecule has 3 aromatic carbocycles. The molecule has 0 saturated heterocycles. The van der Waals surface area contributed by atoms with E-state index in [2.05, 4.69) is 4.98 Å². The molecule has 5 rings (SSSR count). The molecule has 0 aliphatic heterocycles. The van der Waals surface area contributed by atoms with Gasteiger partial charge in [0.1, 0.15) is 11.3 Å². The van der Waals surface area contributed by atoms with Gasteiger partial charge in [-0.25, -0.2) is 14.4 Å². The van der Waals surface area contributed by atoms with Crippen LogP contribution < -0.4 is 5.56 Å². The molecule has 0 N–H and O–H groups in total. The number of ether oxygens (including phenoxy) is 1. The van der Waals surface area contributed by atoms with E-state index in [1.54, 1.807) is 22.8 Å². The largest absolute Gasteiger partial charge is 0.375 e. The molecule has 0 spiro atoms. The van der Waals surface area contributed by atoms with Crippen LogP contribution in [0.15, 0.2) is 96.1 Å². The quantitative estimate of drug-likeness (QED) is 0.273. The highest BCUT2D eigenvalue weighted by Crippen LogP contribution is 2.29. The van der Waals surface area contributed by atoms with Gasteiger partial charge in [-0.05, 0) is 37.6 Å². The summed E-state index contributed by atoms with van der Waals surface area (Å²) in [5.41, 5.74) is 4.98. The van der Waals surface area contributed by atoms with E-state index in [4.69, 9.17) is 9.72 Å². The van der Waals surface area contributed by atoms with Crippen molar-refractivity contribution in [2.24, 2.45) is 0 Å². The molecule has 1 atom stereocenters. The maximum atomic E-state index is 14.1. The molecule has 0 amide bonds. The third-order valence-electron chi connectivity index (χ3n) is 6.16. The van der Waals surface area contributed by atoms with Gasteiger partial charge in [-0.2, -0.15) is 0 Å². The lowest BCUT2D eigenvalue weighted by Crippen LogP contribution is -2.26. The molecule has 2 aromatic heterocycles. The summed E-state index contributed by atoms with van der Waals surface area (Å²) in [4.78, 5) is 23.1. The zero-order chi connectivity index (χ0) is 25.1. The van der Waals surface area contributed by atoms with E-state index in [-0.39, 0.29) is 17.4 Å². The first kappa shape index (κ1) is 23.6. The first-order valence-corrected chi connectivity index (χ1v) is 11.9. The fraction of sp³-hybridized carbons (Fsp3) is 0.167. The van der Waals surface area contributed by atoms with Gasteiger partial charge < -0.3 is 4.74 Å². The van der Waals surface area contributed by atoms with Crippen molar-refractivity contribution in [3.63, 3.8) is 0 Å². The van der Waals surface area contributed by atoms with Crippen molar-refractivity contribution in [2.45, 2.75) is 26.5 Å². The summed E-state index contributed by atoms with van der Waals surface area (Å²) in [5.74, 6) is -0.374. The highest BCUT2D eigenvalue weighted by atomic mass is 19.1. The summed E-state index contributed by atoms with van der Waals surface area (Å²) in [6.45, 7) is 4.76. The third kappa shape index (κ3) is 4.95. The second-order valence-corrected chi connectivity index (χ2v) is 8.94. The fourth-order valence-electron chi connectivity index (χ4n) is 4.17. The Balaban J connectivity index is 1.56. The summed E-state index contributed by atoms with van der Waals surface area (Å²) >= 11 is 0. The van der Waals surface area contributed by atoms with E-state index >= 15 is 0 Å². The molecule has 6 heteroatoms. The number of fused-ring (bicyclic) bond motifs is 1. The number of benzene rings is 3. The van der Waals surface area contributed by atoms with Gasteiger partial charge in [0.15, 0.2) is 0 Å². The van der Waals surface area contributed by atoms with Gasteiger partial charge in [-0.3, -0.25) is 9.36 Å². The molecular weight excluding hydrogens is 453 g/mol. The van der Waals surface area contributed by atoms with Crippen molar-refractivity contribution < 1.29 is 9.13 Å². The highest BCUT2D eigenvalue weighted by Gasteiger charge is 2.17. The van der Waals surface area contributed by atoms with Gasteiger partial charge in [-0.15, -0.1) is 0 Å². The van der Waals surface area contributed by atoms with Gasteiger partial charge in [-0.1, -0.05) is 72.3 Å². The lowest BCUT2D eigenvalue weighted by Gasteiger charge is -2.17. The molecule has 5 aromatic rings. The average molecular weight is 480 g/mol. The Labute approximate surface area is 208 Å². The van der Waals surface area contributed by atoms with Crippen molar-refractivity contribution in [3.8, 4) is 22.5 Å². The summed E-state index contributed by atoms with van der Waals surface area (Å²) < 4.78 is 21.5. The van der Waals surface area contributed by atoms with E-state index in [1.165, 1.54) is 18.5 Å². The summed E-state index contributed by atoms with van der Waals surface area (Å²) in [6.07, 6.45) is 1.53. The zero-order valence-corrected chi connectivity index (χ0v) is 20.2. The van der Waals surface area contributed by atoms with Crippen LogP contribution in [0.3, 0.4) is 0 Å². The number of rotatable bonds is 7. The lowest BCUT2D eigenvalue weighted by molar-refractivity contribution is 0.0937. The van der Waals surface area contributed by atoms with E-state index in [0.717, 1.165) is 16.7 Å². The smallest absolute Gasteiger partial charge is 0.261 e. The standard InChI is InChI=1S/C30H26FN3O2/c1-20-11-13-23(14-12-20)27-16-26-29(28(33-27)24-9-6-10-25(31)15-24)32-19-34(30(26)35)21(2)17-36-18-22-7-4-3-5-8-22/h3-16,19,21H,17-18H2,1-2H3/t21-/m0/s1. The van der Waals surface area contributed by atoms with E-state index < -0.39 is 0 Å². The minimum Gasteiger partial charge on any atom is -0.375 e. The van der Waals surface area contributed by atoms with E-state index in [0.29, 0.717) is 41.1 Å². The van der Waals surface area contributed by atoms with Crippen LogP contribution in [-0.2, 0) is 11.3 Å². The van der Waals surface area contributed by atoms with Crippen LogP contribution in [0.4, 0.5) is 4.39 Å². The Bertz CT molecular complexity index is 1560. The van der Waals surface area contributed by atoms with Gasteiger partial charge >= 0.3 is 0 Å². The van der Waals surface area contributed by atoms with Crippen molar-refractivity contribution in [1.29, 1.82) is 0 Å². The predicted molar refractivity (Wildman–Crippen MR) is 140 cm³/mol. The lowest BCUT2D eigenvalue weighted by atomic mass is 10.0. The molecule has 180 valence electrons. The number of aryl methyl sites for hydroxylation is 1. The molecule has 0 bridgehead atoms. The van der Waals surface area contributed by atoms with Crippen LogP contribution in [-0.4, -0.2) is 21.1 Å². The minimum absolute atomic E-state index is 0.191. The molecule has 0 fully saturated rings. The van der Waals surface area contributed by atoms with Crippen molar-refractivity contribution in [3.05, 3.63) is 119 Å². The van der Waals surface area contributed by atoms with Crippen LogP contribution in [0.2, 0.25) is 0 Å². The van der Waals surface area contributed by atoms with Crippen LogP contribution in [0.1, 0.15) is 24.1 Å².